The lowest BCUT2D eigenvalue weighted by Crippen LogP contribution is -2.16. The molecule has 2 aromatic rings. The third-order valence-corrected chi connectivity index (χ3v) is 3.42. The molecule has 0 radical (unpaired) electrons. The van der Waals surface area contributed by atoms with Crippen LogP contribution in [0.3, 0.4) is 0 Å². The molecule has 0 aliphatic heterocycles. The molecule has 0 amide bonds. The summed E-state index contributed by atoms with van der Waals surface area (Å²) in [6.07, 6.45) is 3.86. The lowest BCUT2D eigenvalue weighted by Gasteiger charge is -2.13. The van der Waals surface area contributed by atoms with Gasteiger partial charge in [0.05, 0.1) is 11.6 Å². The number of nitrogens with two attached hydrogens (primary N) is 1. The van der Waals surface area contributed by atoms with Crippen molar-refractivity contribution in [3.8, 4) is 6.07 Å². The molecule has 104 valence electrons. The Morgan fingerprint density at radius 2 is 2.10 bits per heavy atom. The summed E-state index contributed by atoms with van der Waals surface area (Å²) in [5.74, 6) is 0.0277. The fourth-order valence-corrected chi connectivity index (χ4v) is 2.14. The van der Waals surface area contributed by atoms with E-state index in [9.17, 15) is 4.39 Å². The summed E-state index contributed by atoms with van der Waals surface area (Å²) in [6, 6.07) is 8.26. The summed E-state index contributed by atoms with van der Waals surface area (Å²) in [5, 5.41) is 9.05. The van der Waals surface area contributed by atoms with Crippen molar-refractivity contribution in [3.63, 3.8) is 0 Å². The Kier molecular flexibility index (Phi) is 4.21. The minimum absolute atomic E-state index is 0.0146. The van der Waals surface area contributed by atoms with E-state index in [1.165, 1.54) is 18.2 Å². The smallest absolute Gasteiger partial charge is 0.123 e. The highest BCUT2D eigenvalue weighted by molar-refractivity contribution is 5.38. The SMILES string of the molecule is CC(C)C(N)c1ccn(Cc2cc(F)ccc2C#N)c1. The first-order valence-corrected chi connectivity index (χ1v) is 6.61. The van der Waals surface area contributed by atoms with Gasteiger partial charge in [0.15, 0.2) is 0 Å². The van der Waals surface area contributed by atoms with E-state index < -0.39 is 0 Å². The molecule has 1 heterocycles. The zero-order valence-electron chi connectivity index (χ0n) is 11.7. The Morgan fingerprint density at radius 3 is 2.75 bits per heavy atom. The number of hydrogen-bond donors (Lipinski definition) is 1. The third kappa shape index (κ3) is 3.06. The molecule has 0 saturated heterocycles. The fraction of sp³-hybridized carbons (Fsp3) is 0.312. The van der Waals surface area contributed by atoms with E-state index in [4.69, 9.17) is 11.0 Å². The molecule has 0 spiro atoms. The number of benzene rings is 1. The van der Waals surface area contributed by atoms with Crippen molar-refractivity contribution in [2.45, 2.75) is 26.4 Å². The van der Waals surface area contributed by atoms with Gasteiger partial charge in [-0.05, 0) is 41.3 Å². The van der Waals surface area contributed by atoms with Gasteiger partial charge in [0.2, 0.25) is 0 Å². The maximum absolute atomic E-state index is 13.3. The van der Waals surface area contributed by atoms with E-state index >= 15 is 0 Å². The Labute approximate surface area is 118 Å². The van der Waals surface area contributed by atoms with Gasteiger partial charge in [-0.1, -0.05) is 13.8 Å². The number of hydrogen-bond acceptors (Lipinski definition) is 2. The number of halogens is 1. The molecule has 4 heteroatoms. The van der Waals surface area contributed by atoms with Gasteiger partial charge in [-0.2, -0.15) is 5.26 Å². The monoisotopic (exact) mass is 271 g/mol. The van der Waals surface area contributed by atoms with Gasteiger partial charge in [-0.15, -0.1) is 0 Å². The van der Waals surface area contributed by atoms with Crippen LogP contribution in [0.15, 0.2) is 36.7 Å². The highest BCUT2D eigenvalue weighted by atomic mass is 19.1. The van der Waals surface area contributed by atoms with Crippen LogP contribution in [0, 0.1) is 23.1 Å². The normalized spacial score (nSPS) is 12.4. The molecular formula is C16H18FN3. The maximum atomic E-state index is 13.3. The molecule has 1 aromatic carbocycles. The zero-order valence-corrected chi connectivity index (χ0v) is 11.7. The summed E-state index contributed by atoms with van der Waals surface area (Å²) >= 11 is 0. The van der Waals surface area contributed by atoms with Crippen LogP contribution < -0.4 is 5.73 Å². The third-order valence-electron chi connectivity index (χ3n) is 3.42. The van der Waals surface area contributed by atoms with Gasteiger partial charge in [0.1, 0.15) is 5.82 Å². The van der Waals surface area contributed by atoms with E-state index in [0.717, 1.165) is 5.56 Å². The van der Waals surface area contributed by atoms with Crippen molar-refractivity contribution in [1.82, 2.24) is 4.57 Å². The van der Waals surface area contributed by atoms with E-state index in [1.807, 2.05) is 23.0 Å². The highest BCUT2D eigenvalue weighted by Gasteiger charge is 2.12. The van der Waals surface area contributed by atoms with E-state index in [2.05, 4.69) is 19.9 Å². The summed E-state index contributed by atoms with van der Waals surface area (Å²) < 4.78 is 15.2. The van der Waals surface area contributed by atoms with Gasteiger partial charge in [0, 0.05) is 25.0 Å². The molecule has 1 unspecified atom stereocenters. The first kappa shape index (κ1) is 14.3. The highest BCUT2D eigenvalue weighted by Crippen LogP contribution is 2.20. The van der Waals surface area contributed by atoms with E-state index in [-0.39, 0.29) is 11.9 Å². The van der Waals surface area contributed by atoms with Crippen LogP contribution in [0.25, 0.3) is 0 Å². The van der Waals surface area contributed by atoms with Crippen molar-refractivity contribution in [2.24, 2.45) is 11.7 Å². The number of aromatic nitrogens is 1. The Bertz CT molecular complexity index is 637. The van der Waals surface area contributed by atoms with Crippen molar-refractivity contribution in [1.29, 1.82) is 5.26 Å². The average Bonchev–Trinajstić information content (AvgIpc) is 2.86. The van der Waals surface area contributed by atoms with E-state index in [0.29, 0.717) is 23.6 Å². The minimum atomic E-state index is -0.328. The van der Waals surface area contributed by atoms with Gasteiger partial charge >= 0.3 is 0 Å². The molecule has 0 fully saturated rings. The molecule has 0 aliphatic rings. The Morgan fingerprint density at radius 1 is 1.35 bits per heavy atom. The second kappa shape index (κ2) is 5.89. The largest absolute Gasteiger partial charge is 0.350 e. The second-order valence-corrected chi connectivity index (χ2v) is 5.30. The van der Waals surface area contributed by atoms with Crippen LogP contribution in [0.4, 0.5) is 4.39 Å². The quantitative estimate of drug-likeness (QED) is 0.928. The van der Waals surface area contributed by atoms with Crippen molar-refractivity contribution in [2.75, 3.05) is 0 Å². The Balaban J connectivity index is 2.23. The lowest BCUT2D eigenvalue weighted by molar-refractivity contribution is 0.513. The van der Waals surface area contributed by atoms with E-state index in [1.54, 1.807) is 0 Å². The van der Waals surface area contributed by atoms with Gasteiger partial charge in [0.25, 0.3) is 0 Å². The predicted molar refractivity (Wildman–Crippen MR) is 76.4 cm³/mol. The Hall–Kier alpha value is -2.12. The molecule has 1 aromatic heterocycles. The molecule has 0 bridgehead atoms. The van der Waals surface area contributed by atoms with Crippen molar-refractivity contribution in [3.05, 3.63) is 59.2 Å². The van der Waals surface area contributed by atoms with Crippen LogP contribution in [0.2, 0.25) is 0 Å². The summed E-state index contributed by atoms with van der Waals surface area (Å²) in [7, 11) is 0. The zero-order chi connectivity index (χ0) is 14.7. The number of nitriles is 1. The van der Waals surface area contributed by atoms with Crippen LogP contribution in [0.1, 0.15) is 36.6 Å². The summed E-state index contributed by atoms with van der Waals surface area (Å²) in [6.45, 7) is 4.61. The molecule has 2 rings (SSSR count). The molecule has 0 aliphatic carbocycles. The van der Waals surface area contributed by atoms with Crippen LogP contribution in [-0.4, -0.2) is 4.57 Å². The predicted octanol–water partition coefficient (Wildman–Crippen LogP) is 3.20. The lowest BCUT2D eigenvalue weighted by atomic mass is 10.00. The molecule has 3 nitrogen and oxygen atoms in total. The van der Waals surface area contributed by atoms with Crippen LogP contribution in [0.5, 0.6) is 0 Å². The average molecular weight is 271 g/mol. The van der Waals surface area contributed by atoms with Gasteiger partial charge < -0.3 is 10.3 Å². The van der Waals surface area contributed by atoms with Crippen LogP contribution in [-0.2, 0) is 6.54 Å². The maximum Gasteiger partial charge on any atom is 0.123 e. The molecule has 20 heavy (non-hydrogen) atoms. The molecule has 1 atom stereocenters. The minimum Gasteiger partial charge on any atom is -0.350 e. The number of nitrogens with zero attached hydrogens (tertiary/aromatic N) is 2. The standard InChI is InChI=1S/C16H18FN3/c1-11(2)16(19)13-5-6-20(9-13)10-14-7-15(17)4-3-12(14)8-18/h3-7,9,11,16H,10,19H2,1-2H3. The molecular weight excluding hydrogens is 253 g/mol. The molecule has 2 N–H and O–H groups in total. The first-order valence-electron chi connectivity index (χ1n) is 6.61. The van der Waals surface area contributed by atoms with Crippen molar-refractivity contribution < 1.29 is 4.39 Å². The molecule has 0 saturated carbocycles. The second-order valence-electron chi connectivity index (χ2n) is 5.30. The first-order chi connectivity index (χ1) is 9.51. The fourth-order valence-electron chi connectivity index (χ4n) is 2.14. The van der Waals surface area contributed by atoms with Crippen molar-refractivity contribution >= 4 is 0 Å². The number of rotatable bonds is 4. The van der Waals surface area contributed by atoms with Crippen LogP contribution >= 0.6 is 0 Å². The summed E-state index contributed by atoms with van der Waals surface area (Å²) in [5.41, 5.74) is 8.32. The topological polar surface area (TPSA) is 54.7 Å². The summed E-state index contributed by atoms with van der Waals surface area (Å²) in [4.78, 5) is 0. The van der Waals surface area contributed by atoms with Gasteiger partial charge in [-0.25, -0.2) is 4.39 Å². The van der Waals surface area contributed by atoms with Gasteiger partial charge in [-0.3, -0.25) is 0 Å².